The first-order valence-corrected chi connectivity index (χ1v) is 8.30. The molecule has 1 aliphatic heterocycles. The summed E-state index contributed by atoms with van der Waals surface area (Å²) in [4.78, 5) is 4.77. The molecule has 0 saturated heterocycles. The number of hydrogen-bond donors (Lipinski definition) is 1. The highest BCUT2D eigenvalue weighted by Gasteiger charge is 2.39. The van der Waals surface area contributed by atoms with E-state index >= 15 is 0 Å². The van der Waals surface area contributed by atoms with Crippen LogP contribution in [0.3, 0.4) is 0 Å². The first kappa shape index (κ1) is 14.7. The van der Waals surface area contributed by atoms with Crippen molar-refractivity contribution in [3.63, 3.8) is 0 Å². The van der Waals surface area contributed by atoms with E-state index in [4.69, 9.17) is 10.7 Å². The highest BCUT2D eigenvalue weighted by Crippen LogP contribution is 2.39. The van der Waals surface area contributed by atoms with Gasteiger partial charge in [-0.25, -0.2) is 4.99 Å². The number of aliphatic imine (C=N–C) groups is 1. The van der Waals surface area contributed by atoms with E-state index in [1.165, 1.54) is 16.7 Å². The second kappa shape index (κ2) is 5.97. The molecule has 3 aromatic rings. The van der Waals surface area contributed by atoms with E-state index in [1.54, 1.807) is 0 Å². The standard InChI is InChI=1S/C22H20N2/c23-21-22(19-12-5-2-6-13-19,15-17-9-3-1-4-10-17)16-18-11-7-8-14-20(18)24-21/h1-14H,15-16H2,(H2,23,24). The van der Waals surface area contributed by atoms with E-state index in [2.05, 4.69) is 60.7 Å². The van der Waals surface area contributed by atoms with Crippen molar-refractivity contribution in [2.24, 2.45) is 10.7 Å². The lowest BCUT2D eigenvalue weighted by Gasteiger charge is -2.37. The predicted molar refractivity (Wildman–Crippen MR) is 99.7 cm³/mol. The van der Waals surface area contributed by atoms with Gasteiger partial charge in [0.1, 0.15) is 5.84 Å². The van der Waals surface area contributed by atoms with Gasteiger partial charge in [-0.15, -0.1) is 0 Å². The summed E-state index contributed by atoms with van der Waals surface area (Å²) in [6.07, 6.45) is 1.72. The summed E-state index contributed by atoms with van der Waals surface area (Å²) in [5.41, 5.74) is 11.0. The summed E-state index contributed by atoms with van der Waals surface area (Å²) in [6.45, 7) is 0. The van der Waals surface area contributed by atoms with Crippen LogP contribution >= 0.6 is 0 Å². The number of hydrogen-bond acceptors (Lipinski definition) is 2. The van der Waals surface area contributed by atoms with Crippen molar-refractivity contribution < 1.29 is 0 Å². The molecule has 0 amide bonds. The Morgan fingerprint density at radius 2 is 1.42 bits per heavy atom. The van der Waals surface area contributed by atoms with Gasteiger partial charge in [0.15, 0.2) is 0 Å². The zero-order chi connectivity index (χ0) is 16.4. The van der Waals surface area contributed by atoms with E-state index in [1.807, 2.05) is 24.3 Å². The molecule has 0 aliphatic carbocycles. The molecule has 2 nitrogen and oxygen atoms in total. The molecule has 1 heterocycles. The van der Waals surface area contributed by atoms with Crippen LogP contribution in [0.15, 0.2) is 89.9 Å². The van der Waals surface area contributed by atoms with Crippen molar-refractivity contribution in [1.82, 2.24) is 0 Å². The molecule has 0 saturated carbocycles. The zero-order valence-electron chi connectivity index (χ0n) is 13.5. The van der Waals surface area contributed by atoms with E-state index < -0.39 is 0 Å². The second-order valence-electron chi connectivity index (χ2n) is 6.41. The van der Waals surface area contributed by atoms with Crippen LogP contribution in [-0.4, -0.2) is 5.84 Å². The Kier molecular flexibility index (Phi) is 3.66. The normalized spacial score (nSPS) is 19.4. The molecule has 24 heavy (non-hydrogen) atoms. The van der Waals surface area contributed by atoms with Crippen LogP contribution in [0.2, 0.25) is 0 Å². The van der Waals surface area contributed by atoms with Gasteiger partial charge in [-0.2, -0.15) is 0 Å². The minimum atomic E-state index is -0.295. The van der Waals surface area contributed by atoms with Crippen LogP contribution in [0, 0.1) is 0 Å². The van der Waals surface area contributed by atoms with Gasteiger partial charge in [-0.05, 0) is 35.6 Å². The van der Waals surface area contributed by atoms with Gasteiger partial charge in [-0.3, -0.25) is 0 Å². The third-order valence-corrected chi connectivity index (χ3v) is 4.89. The van der Waals surface area contributed by atoms with Gasteiger partial charge in [0, 0.05) is 0 Å². The largest absolute Gasteiger partial charge is 0.386 e. The van der Waals surface area contributed by atoms with Crippen LogP contribution in [0.5, 0.6) is 0 Å². The number of para-hydroxylation sites is 1. The van der Waals surface area contributed by atoms with Crippen LogP contribution in [0.25, 0.3) is 0 Å². The quantitative estimate of drug-likeness (QED) is 0.764. The van der Waals surface area contributed by atoms with Crippen LogP contribution in [0.1, 0.15) is 16.7 Å². The van der Waals surface area contributed by atoms with Crippen molar-refractivity contribution in [2.75, 3.05) is 0 Å². The lowest BCUT2D eigenvalue weighted by molar-refractivity contribution is 0.554. The Morgan fingerprint density at radius 1 is 0.792 bits per heavy atom. The Labute approximate surface area is 142 Å². The first-order valence-electron chi connectivity index (χ1n) is 8.30. The van der Waals surface area contributed by atoms with Gasteiger partial charge in [0.25, 0.3) is 0 Å². The number of nitrogens with two attached hydrogens (primary N) is 1. The highest BCUT2D eigenvalue weighted by atomic mass is 14.9. The second-order valence-corrected chi connectivity index (χ2v) is 6.41. The summed E-state index contributed by atoms with van der Waals surface area (Å²) < 4.78 is 0. The molecule has 2 heteroatoms. The fraction of sp³-hybridized carbons (Fsp3) is 0.136. The molecule has 0 spiro atoms. The molecule has 118 valence electrons. The Balaban J connectivity index is 1.87. The zero-order valence-corrected chi connectivity index (χ0v) is 13.5. The summed E-state index contributed by atoms with van der Waals surface area (Å²) in [5, 5.41) is 0. The molecule has 0 fully saturated rings. The minimum Gasteiger partial charge on any atom is -0.386 e. The van der Waals surface area contributed by atoms with Gasteiger partial charge in [0.2, 0.25) is 0 Å². The summed E-state index contributed by atoms with van der Waals surface area (Å²) >= 11 is 0. The molecular weight excluding hydrogens is 292 g/mol. The van der Waals surface area contributed by atoms with Gasteiger partial charge in [-0.1, -0.05) is 78.9 Å². The van der Waals surface area contributed by atoms with Crippen molar-refractivity contribution in [3.05, 3.63) is 102 Å². The number of fused-ring (bicyclic) bond motifs is 1. The first-order chi connectivity index (χ1) is 11.8. The Morgan fingerprint density at radius 3 is 2.17 bits per heavy atom. The smallest absolute Gasteiger partial charge is 0.111 e. The van der Waals surface area contributed by atoms with Crippen molar-refractivity contribution in [1.29, 1.82) is 0 Å². The van der Waals surface area contributed by atoms with E-state index in [0.29, 0.717) is 5.84 Å². The molecular formula is C22H20N2. The maximum Gasteiger partial charge on any atom is 0.111 e. The maximum atomic E-state index is 6.56. The van der Waals surface area contributed by atoms with Crippen molar-refractivity contribution >= 4 is 11.5 Å². The number of benzene rings is 3. The van der Waals surface area contributed by atoms with E-state index in [9.17, 15) is 0 Å². The predicted octanol–water partition coefficient (Wildman–Crippen LogP) is 4.41. The van der Waals surface area contributed by atoms with Gasteiger partial charge in [0.05, 0.1) is 11.1 Å². The number of rotatable bonds is 3. The van der Waals surface area contributed by atoms with Crippen molar-refractivity contribution in [3.8, 4) is 0 Å². The monoisotopic (exact) mass is 312 g/mol. The molecule has 1 unspecified atom stereocenters. The third-order valence-electron chi connectivity index (χ3n) is 4.89. The average Bonchev–Trinajstić information content (AvgIpc) is 2.64. The fourth-order valence-electron chi connectivity index (χ4n) is 3.63. The molecule has 4 rings (SSSR count). The molecule has 1 atom stereocenters. The SMILES string of the molecule is NC1=Nc2ccccc2CC1(Cc1ccccc1)c1ccccc1. The average molecular weight is 312 g/mol. The van der Waals surface area contributed by atoms with Crippen molar-refractivity contribution in [2.45, 2.75) is 18.3 Å². The molecule has 0 aromatic heterocycles. The maximum absolute atomic E-state index is 6.56. The molecule has 0 radical (unpaired) electrons. The van der Waals surface area contributed by atoms with Gasteiger partial charge >= 0.3 is 0 Å². The molecule has 3 aromatic carbocycles. The van der Waals surface area contributed by atoms with E-state index in [0.717, 1.165) is 18.5 Å². The van der Waals surface area contributed by atoms with Crippen LogP contribution < -0.4 is 5.73 Å². The summed E-state index contributed by atoms with van der Waals surface area (Å²) in [6, 6.07) is 29.4. The third kappa shape index (κ3) is 2.50. The lowest BCUT2D eigenvalue weighted by Crippen LogP contribution is -2.46. The molecule has 1 aliphatic rings. The fourth-order valence-corrected chi connectivity index (χ4v) is 3.63. The topological polar surface area (TPSA) is 38.4 Å². The molecule has 0 bridgehead atoms. The van der Waals surface area contributed by atoms with E-state index in [-0.39, 0.29) is 5.41 Å². The Hall–Kier alpha value is -2.87. The molecule has 2 N–H and O–H groups in total. The number of nitrogens with zero attached hydrogens (tertiary/aromatic N) is 1. The van der Waals surface area contributed by atoms with Gasteiger partial charge < -0.3 is 5.73 Å². The Bertz CT molecular complexity index is 869. The lowest BCUT2D eigenvalue weighted by atomic mass is 9.69. The van der Waals surface area contributed by atoms with Crippen LogP contribution in [-0.2, 0) is 18.3 Å². The highest BCUT2D eigenvalue weighted by molar-refractivity contribution is 5.96. The number of amidine groups is 1. The summed E-state index contributed by atoms with van der Waals surface area (Å²) in [7, 11) is 0. The van der Waals surface area contributed by atoms with Crippen LogP contribution in [0.4, 0.5) is 5.69 Å². The summed E-state index contributed by atoms with van der Waals surface area (Å²) in [5.74, 6) is 0.705. The minimum absolute atomic E-state index is 0.295.